The Balaban J connectivity index is 3.07. The molecule has 0 amide bonds. The summed E-state index contributed by atoms with van der Waals surface area (Å²) in [5.74, 6) is -11.1. The van der Waals surface area contributed by atoms with Gasteiger partial charge in [-0.15, -0.1) is 0 Å². The third-order valence-electron chi connectivity index (χ3n) is 2.46. The molecule has 0 bridgehead atoms. The third kappa shape index (κ3) is 1.68. The number of alkyl halides is 1. The molecule has 0 atom stereocenters. The zero-order valence-corrected chi connectivity index (χ0v) is 10.0. The van der Waals surface area contributed by atoms with Crippen LogP contribution >= 0.6 is 15.9 Å². The first kappa shape index (κ1) is 13.2. The van der Waals surface area contributed by atoms with Crippen molar-refractivity contribution in [3.63, 3.8) is 0 Å². The zero-order valence-electron chi connectivity index (χ0n) is 8.43. The van der Waals surface area contributed by atoms with Crippen molar-refractivity contribution in [2.75, 3.05) is 0 Å². The van der Waals surface area contributed by atoms with Crippen LogP contribution in [0.3, 0.4) is 0 Å². The van der Waals surface area contributed by atoms with Gasteiger partial charge in [-0.2, -0.15) is 0 Å². The molecule has 0 unspecified atom stereocenters. The van der Waals surface area contributed by atoms with Gasteiger partial charge in [0.15, 0.2) is 34.9 Å². The minimum atomic E-state index is -2.18. The smallest absolute Gasteiger partial charge is 0.198 e. The minimum absolute atomic E-state index is 0.189. The molecule has 2 aromatic rings. The van der Waals surface area contributed by atoms with E-state index >= 15 is 0 Å². The number of rotatable bonds is 1. The summed E-state index contributed by atoms with van der Waals surface area (Å²) in [6.45, 7) is 0. The largest absolute Gasteiger partial charge is 0.203 e. The maximum Gasteiger partial charge on any atom is 0.198 e. The monoisotopic (exact) mass is 328 g/mol. The maximum atomic E-state index is 13.5. The highest BCUT2D eigenvalue weighted by atomic mass is 79.9. The van der Waals surface area contributed by atoms with Crippen LogP contribution in [0.2, 0.25) is 0 Å². The molecule has 0 radical (unpaired) electrons. The number of hydrogen-bond acceptors (Lipinski definition) is 0. The van der Waals surface area contributed by atoms with E-state index in [1.54, 1.807) is 0 Å². The molecule has 96 valence electrons. The summed E-state index contributed by atoms with van der Waals surface area (Å²) in [6, 6.07) is 0.726. The topological polar surface area (TPSA) is 0 Å². The molecule has 2 rings (SSSR count). The Morgan fingerprint density at radius 2 is 1.22 bits per heavy atom. The van der Waals surface area contributed by atoms with Crippen LogP contribution in [-0.4, -0.2) is 0 Å². The number of benzene rings is 2. The molecule has 0 aliphatic rings. The molecule has 0 aromatic heterocycles. The molecular weight excluding hydrogens is 326 g/mol. The Hall–Kier alpha value is -1.24. The fraction of sp³-hybridized carbons (Fsp3) is 0.0909. The normalized spacial score (nSPS) is 11.3. The first-order chi connectivity index (χ1) is 8.40. The lowest BCUT2D eigenvalue weighted by molar-refractivity contribution is 0.414. The SMILES string of the molecule is Fc1c(F)c(F)c2c(F)c(F)c(CBr)cc2c1F. The molecule has 0 aliphatic carbocycles. The van der Waals surface area contributed by atoms with Gasteiger partial charge in [-0.3, -0.25) is 0 Å². The lowest BCUT2D eigenvalue weighted by Gasteiger charge is -2.09. The van der Waals surface area contributed by atoms with Crippen molar-refractivity contribution < 1.29 is 26.3 Å². The van der Waals surface area contributed by atoms with Gasteiger partial charge < -0.3 is 0 Å². The van der Waals surface area contributed by atoms with Gasteiger partial charge in [0.2, 0.25) is 0 Å². The average molecular weight is 329 g/mol. The van der Waals surface area contributed by atoms with E-state index in [4.69, 9.17) is 0 Å². The maximum absolute atomic E-state index is 13.5. The summed E-state index contributed by atoms with van der Waals surface area (Å²) in [4.78, 5) is 0. The number of halogens is 7. The van der Waals surface area contributed by atoms with Gasteiger partial charge in [0.25, 0.3) is 0 Å². The second-order valence-electron chi connectivity index (χ2n) is 3.48. The third-order valence-corrected chi connectivity index (χ3v) is 3.06. The second-order valence-corrected chi connectivity index (χ2v) is 4.04. The van der Waals surface area contributed by atoms with Crippen molar-refractivity contribution >= 4 is 26.7 Å². The molecule has 2 aromatic carbocycles. The summed E-state index contributed by atoms with van der Waals surface area (Å²) in [5, 5.41) is -2.28. The van der Waals surface area contributed by atoms with Crippen molar-refractivity contribution in [3.8, 4) is 0 Å². The van der Waals surface area contributed by atoms with E-state index in [0.29, 0.717) is 0 Å². The minimum Gasteiger partial charge on any atom is -0.203 e. The van der Waals surface area contributed by atoms with E-state index in [9.17, 15) is 26.3 Å². The molecule has 0 saturated carbocycles. The Morgan fingerprint density at radius 3 is 1.78 bits per heavy atom. The predicted molar refractivity (Wildman–Crippen MR) is 56.3 cm³/mol. The van der Waals surface area contributed by atoms with E-state index in [2.05, 4.69) is 15.9 Å². The van der Waals surface area contributed by atoms with Crippen LogP contribution in [0.1, 0.15) is 5.56 Å². The van der Waals surface area contributed by atoms with E-state index in [1.165, 1.54) is 0 Å². The van der Waals surface area contributed by atoms with Crippen LogP contribution in [-0.2, 0) is 5.33 Å². The Kier molecular flexibility index (Phi) is 3.27. The second kappa shape index (κ2) is 4.46. The Morgan fingerprint density at radius 1 is 0.722 bits per heavy atom. The summed E-state index contributed by atoms with van der Waals surface area (Å²) in [7, 11) is 0. The molecule has 7 heteroatoms. The first-order valence-electron chi connectivity index (χ1n) is 4.58. The van der Waals surface area contributed by atoms with Gasteiger partial charge in [-0.25, -0.2) is 26.3 Å². The molecule has 0 N–H and O–H groups in total. The molecule has 0 aliphatic heterocycles. The van der Waals surface area contributed by atoms with Gasteiger partial charge in [0.1, 0.15) is 0 Å². The molecule has 0 nitrogen and oxygen atoms in total. The average Bonchev–Trinajstić information content (AvgIpc) is 2.36. The van der Waals surface area contributed by atoms with Gasteiger partial charge in [0, 0.05) is 16.3 Å². The molecule has 18 heavy (non-hydrogen) atoms. The van der Waals surface area contributed by atoms with E-state index in [-0.39, 0.29) is 10.9 Å². The number of fused-ring (bicyclic) bond motifs is 1. The lowest BCUT2D eigenvalue weighted by Crippen LogP contribution is -2.03. The quantitative estimate of drug-likeness (QED) is 0.311. The van der Waals surface area contributed by atoms with Crippen LogP contribution < -0.4 is 0 Å². The van der Waals surface area contributed by atoms with Crippen LogP contribution in [0.15, 0.2) is 6.07 Å². The summed E-state index contributed by atoms with van der Waals surface area (Å²) in [5.41, 5.74) is -0.329. The van der Waals surface area contributed by atoms with Gasteiger partial charge >= 0.3 is 0 Å². The summed E-state index contributed by atoms with van der Waals surface area (Å²) < 4.78 is 79.5. The Bertz CT molecular complexity index is 652. The van der Waals surface area contributed by atoms with Crippen molar-refractivity contribution in [3.05, 3.63) is 46.5 Å². The van der Waals surface area contributed by atoms with Crippen LogP contribution in [0.4, 0.5) is 26.3 Å². The molecule has 0 fully saturated rings. The fourth-order valence-electron chi connectivity index (χ4n) is 1.58. The highest BCUT2D eigenvalue weighted by molar-refractivity contribution is 9.08. The molecule has 0 saturated heterocycles. The van der Waals surface area contributed by atoms with Crippen LogP contribution in [0.25, 0.3) is 10.8 Å². The summed E-state index contributed by atoms with van der Waals surface area (Å²) in [6.07, 6.45) is 0. The zero-order chi connectivity index (χ0) is 13.6. The molecule has 0 heterocycles. The van der Waals surface area contributed by atoms with Gasteiger partial charge in [-0.1, -0.05) is 15.9 Å². The first-order valence-corrected chi connectivity index (χ1v) is 5.70. The van der Waals surface area contributed by atoms with Gasteiger partial charge in [0.05, 0.1) is 5.39 Å². The Labute approximate surface area is 105 Å². The lowest BCUT2D eigenvalue weighted by atomic mass is 10.0. The van der Waals surface area contributed by atoms with Crippen molar-refractivity contribution in [2.45, 2.75) is 5.33 Å². The fourth-order valence-corrected chi connectivity index (χ4v) is 1.99. The van der Waals surface area contributed by atoms with Crippen molar-refractivity contribution in [1.82, 2.24) is 0 Å². The van der Waals surface area contributed by atoms with Gasteiger partial charge in [-0.05, 0) is 6.07 Å². The summed E-state index contributed by atoms with van der Waals surface area (Å²) >= 11 is 2.81. The van der Waals surface area contributed by atoms with Crippen molar-refractivity contribution in [1.29, 1.82) is 0 Å². The van der Waals surface area contributed by atoms with E-state index in [1.807, 2.05) is 0 Å². The molecule has 0 spiro atoms. The number of hydrogen-bond donors (Lipinski definition) is 0. The highest BCUT2D eigenvalue weighted by Gasteiger charge is 2.25. The van der Waals surface area contributed by atoms with Crippen molar-refractivity contribution in [2.24, 2.45) is 0 Å². The standard InChI is InChI=1S/C11H3BrF6/c12-2-3-1-4-5(8(15)6(3)13)9(16)11(18)10(17)7(4)14/h1H,2H2. The van der Waals surface area contributed by atoms with Crippen LogP contribution in [0, 0.1) is 34.9 Å². The van der Waals surface area contributed by atoms with Crippen LogP contribution in [0.5, 0.6) is 0 Å². The molecular formula is C11H3BrF6. The van der Waals surface area contributed by atoms with E-state index < -0.39 is 45.7 Å². The predicted octanol–water partition coefficient (Wildman–Crippen LogP) is 4.57. The highest BCUT2D eigenvalue weighted by Crippen LogP contribution is 2.32. The van der Waals surface area contributed by atoms with E-state index in [0.717, 1.165) is 6.07 Å².